The third-order valence-electron chi connectivity index (χ3n) is 9.20. The average Bonchev–Trinajstić information content (AvgIpc) is 3.50. The number of aliphatic hydroxyl groups excluding tert-OH is 1. The summed E-state index contributed by atoms with van der Waals surface area (Å²) < 4.78 is 11.3. The molecule has 0 bridgehead atoms. The minimum absolute atomic E-state index is 0.0822. The highest BCUT2D eigenvalue weighted by molar-refractivity contribution is 5.93. The molecule has 5 heterocycles. The van der Waals surface area contributed by atoms with E-state index in [-0.39, 0.29) is 36.1 Å². The lowest BCUT2D eigenvalue weighted by molar-refractivity contribution is -0.129. The highest BCUT2D eigenvalue weighted by Gasteiger charge is 2.27. The Balaban J connectivity index is 1.06. The first-order valence-corrected chi connectivity index (χ1v) is 16.3. The van der Waals surface area contributed by atoms with Crippen LogP contribution in [0.5, 0.6) is 5.75 Å². The van der Waals surface area contributed by atoms with Gasteiger partial charge in [0.25, 0.3) is 5.91 Å². The Morgan fingerprint density at radius 3 is 2.65 bits per heavy atom. The lowest BCUT2D eigenvalue weighted by Crippen LogP contribution is -2.49. The minimum Gasteiger partial charge on any atom is -0.486 e. The summed E-state index contributed by atoms with van der Waals surface area (Å²) in [5.41, 5.74) is 3.31. The number of fused-ring (bicyclic) bond motifs is 1. The number of amides is 2. The third-order valence-corrected chi connectivity index (χ3v) is 9.20. The molecular formula is C33H44N8O5. The first kappa shape index (κ1) is 31.7. The number of aryl methyl sites for hydroxylation is 1. The van der Waals surface area contributed by atoms with Crippen molar-refractivity contribution in [2.24, 2.45) is 0 Å². The van der Waals surface area contributed by atoms with E-state index in [9.17, 15) is 14.7 Å². The van der Waals surface area contributed by atoms with Crippen LogP contribution < -0.4 is 25.6 Å². The molecule has 46 heavy (non-hydrogen) atoms. The van der Waals surface area contributed by atoms with Gasteiger partial charge in [-0.3, -0.25) is 9.59 Å². The van der Waals surface area contributed by atoms with Gasteiger partial charge in [-0.2, -0.15) is 4.98 Å². The summed E-state index contributed by atoms with van der Waals surface area (Å²) in [6.07, 6.45) is 6.16. The maximum absolute atomic E-state index is 13.4. The quantitative estimate of drug-likeness (QED) is 0.260. The van der Waals surface area contributed by atoms with Crippen LogP contribution in [0.15, 0.2) is 35.1 Å². The molecule has 1 aromatic carbocycles. The second kappa shape index (κ2) is 14.5. The fourth-order valence-electron chi connectivity index (χ4n) is 6.33. The number of likely N-dealkylation sites (tertiary alicyclic amines) is 1. The van der Waals surface area contributed by atoms with E-state index in [2.05, 4.69) is 30.8 Å². The number of nitrogens with one attached hydrogen (secondary N) is 3. The number of hydrogen-bond donors (Lipinski definition) is 4. The van der Waals surface area contributed by atoms with E-state index in [1.54, 1.807) is 13.0 Å². The van der Waals surface area contributed by atoms with Crippen molar-refractivity contribution in [3.8, 4) is 5.75 Å². The summed E-state index contributed by atoms with van der Waals surface area (Å²) in [5, 5.41) is 20.9. The molecule has 13 heteroatoms. The molecule has 6 rings (SSSR count). The second-order valence-electron chi connectivity index (χ2n) is 12.5. The molecule has 0 saturated carbocycles. The van der Waals surface area contributed by atoms with Crippen molar-refractivity contribution < 1.29 is 23.8 Å². The first-order chi connectivity index (χ1) is 22.3. The molecular weight excluding hydrogens is 588 g/mol. The van der Waals surface area contributed by atoms with Crippen LogP contribution in [0.3, 0.4) is 0 Å². The summed E-state index contributed by atoms with van der Waals surface area (Å²) in [4.78, 5) is 42.6. The molecule has 246 valence electrons. The van der Waals surface area contributed by atoms with Crippen LogP contribution in [0.25, 0.3) is 0 Å². The number of aliphatic hydroxyl groups is 1. The van der Waals surface area contributed by atoms with Crippen molar-refractivity contribution in [3.63, 3.8) is 0 Å². The van der Waals surface area contributed by atoms with Gasteiger partial charge in [0.05, 0.1) is 11.8 Å². The number of hydrogen-bond acceptors (Lipinski definition) is 11. The monoisotopic (exact) mass is 632 g/mol. The van der Waals surface area contributed by atoms with Gasteiger partial charge in [-0.1, -0.05) is 6.07 Å². The Labute approximate surface area is 269 Å². The number of nitrogens with zero attached hydrogens (tertiary/aromatic N) is 5. The van der Waals surface area contributed by atoms with Crippen molar-refractivity contribution in [2.75, 3.05) is 42.9 Å². The van der Waals surface area contributed by atoms with Gasteiger partial charge in [-0.05, 0) is 68.7 Å². The van der Waals surface area contributed by atoms with Crippen LogP contribution in [0.1, 0.15) is 72.1 Å². The summed E-state index contributed by atoms with van der Waals surface area (Å²) in [6.45, 7) is 7.54. The zero-order valence-corrected chi connectivity index (χ0v) is 26.6. The van der Waals surface area contributed by atoms with E-state index in [0.717, 1.165) is 61.3 Å². The fourth-order valence-corrected chi connectivity index (χ4v) is 6.33. The lowest BCUT2D eigenvalue weighted by atomic mass is 9.92. The van der Waals surface area contributed by atoms with Crippen LogP contribution >= 0.6 is 0 Å². The van der Waals surface area contributed by atoms with Crippen molar-refractivity contribution in [3.05, 3.63) is 58.9 Å². The second-order valence-corrected chi connectivity index (χ2v) is 12.5. The minimum atomic E-state index is -0.796. The fraction of sp³-hybridized carbons (Fsp3) is 0.545. The van der Waals surface area contributed by atoms with E-state index in [1.165, 1.54) is 12.8 Å². The number of anilines is 2. The van der Waals surface area contributed by atoms with Gasteiger partial charge >= 0.3 is 0 Å². The van der Waals surface area contributed by atoms with Crippen molar-refractivity contribution in [2.45, 2.75) is 83.7 Å². The molecule has 4 N–H and O–H groups in total. The highest BCUT2D eigenvalue weighted by Crippen LogP contribution is 2.25. The zero-order valence-electron chi connectivity index (χ0n) is 26.6. The molecule has 2 amide bonds. The van der Waals surface area contributed by atoms with E-state index in [4.69, 9.17) is 14.1 Å². The highest BCUT2D eigenvalue weighted by atomic mass is 16.5. The first-order valence-electron chi connectivity index (χ1n) is 16.3. The number of carbonyl (C=O) groups excluding carboxylic acids is 2. The van der Waals surface area contributed by atoms with Gasteiger partial charge in [0.2, 0.25) is 11.9 Å². The van der Waals surface area contributed by atoms with E-state index >= 15 is 0 Å². The summed E-state index contributed by atoms with van der Waals surface area (Å²) >= 11 is 0. The lowest BCUT2D eigenvalue weighted by Gasteiger charge is -2.32. The topological polar surface area (TPSA) is 158 Å². The van der Waals surface area contributed by atoms with Crippen LogP contribution in [-0.4, -0.2) is 87.7 Å². The summed E-state index contributed by atoms with van der Waals surface area (Å²) in [5.74, 6) is 2.33. The van der Waals surface area contributed by atoms with Gasteiger partial charge in [0.1, 0.15) is 23.9 Å². The molecule has 2 aromatic heterocycles. The van der Waals surface area contributed by atoms with Gasteiger partial charge in [0, 0.05) is 64.3 Å². The molecule has 0 aliphatic carbocycles. The average molecular weight is 633 g/mol. The molecule has 3 aliphatic rings. The van der Waals surface area contributed by atoms with Crippen LogP contribution in [0, 0.1) is 6.92 Å². The van der Waals surface area contributed by atoms with Gasteiger partial charge in [-0.25, -0.2) is 9.97 Å². The van der Waals surface area contributed by atoms with Gasteiger partial charge in [0.15, 0.2) is 12.2 Å². The number of benzene rings is 1. The Morgan fingerprint density at radius 1 is 1.11 bits per heavy atom. The van der Waals surface area contributed by atoms with Crippen LogP contribution in [-0.2, 0) is 24.4 Å². The van der Waals surface area contributed by atoms with Crippen molar-refractivity contribution in [1.29, 1.82) is 0 Å². The molecule has 1 unspecified atom stereocenters. The molecule has 2 saturated heterocycles. The predicted octanol–water partition coefficient (Wildman–Crippen LogP) is 2.57. The Morgan fingerprint density at radius 2 is 1.91 bits per heavy atom. The number of piperidine rings is 2. The van der Waals surface area contributed by atoms with Crippen LogP contribution in [0.4, 0.5) is 11.8 Å². The Hall–Kier alpha value is -4.23. The standard InChI is InChI=1S/C33H44N8O5/c1-21-30(46-20-36-21)19-45-26-7-6-23-15-27(34-17-24(23)14-26)29(43)18-35-32(44)28-16-31(37-25-8-12-40(13-9-25)22(2)42)39-33(38-28)41-10-4-3-5-11-41/h6-7,14,16,20,25,27,29,34,43H,3-5,8-13,15,17-19H2,1-2H3,(H,35,44)(H,37,38,39)/t27-,29?/m0/s1. The molecule has 2 fully saturated rings. The van der Waals surface area contributed by atoms with Crippen molar-refractivity contribution in [1.82, 2.24) is 30.5 Å². The summed E-state index contributed by atoms with van der Waals surface area (Å²) in [7, 11) is 0. The van der Waals surface area contributed by atoms with Gasteiger partial charge in [-0.15, -0.1) is 0 Å². The SMILES string of the molecule is CC(=O)N1CCC(Nc2cc(C(=O)NCC(O)[C@@H]3Cc4ccc(OCc5ocnc5C)cc4CN3)nc(N3CCCCC3)n2)CC1. The molecule has 13 nitrogen and oxygen atoms in total. The number of carbonyl (C=O) groups is 2. The largest absolute Gasteiger partial charge is 0.486 e. The van der Waals surface area contributed by atoms with E-state index in [0.29, 0.717) is 50.2 Å². The number of rotatable bonds is 10. The maximum atomic E-state index is 13.4. The number of oxazole rings is 1. The number of ether oxygens (including phenoxy) is 1. The van der Waals surface area contributed by atoms with E-state index < -0.39 is 6.10 Å². The zero-order chi connectivity index (χ0) is 32.0. The summed E-state index contributed by atoms with van der Waals surface area (Å²) in [6, 6.07) is 7.57. The Bertz CT molecular complexity index is 1520. The number of aromatic nitrogens is 3. The maximum Gasteiger partial charge on any atom is 0.270 e. The molecule has 3 aliphatic heterocycles. The van der Waals surface area contributed by atoms with Gasteiger partial charge < -0.3 is 40.0 Å². The third kappa shape index (κ3) is 7.76. The Kier molecular flexibility index (Phi) is 9.98. The normalized spacial score (nSPS) is 19.3. The molecule has 2 atom stereocenters. The predicted molar refractivity (Wildman–Crippen MR) is 172 cm³/mol. The molecule has 3 aromatic rings. The molecule has 0 radical (unpaired) electrons. The smallest absolute Gasteiger partial charge is 0.270 e. The van der Waals surface area contributed by atoms with Crippen LogP contribution in [0.2, 0.25) is 0 Å². The van der Waals surface area contributed by atoms with E-state index in [1.807, 2.05) is 30.0 Å². The molecule has 0 spiro atoms. The van der Waals surface area contributed by atoms with Crippen molar-refractivity contribution >= 4 is 23.6 Å².